The largest absolute Gasteiger partial charge is 0.316 e. The summed E-state index contributed by atoms with van der Waals surface area (Å²) in [5.41, 5.74) is 2.71. The Balaban J connectivity index is 2.02. The van der Waals surface area contributed by atoms with E-state index in [1.165, 1.54) is 41.2 Å². The Morgan fingerprint density at radius 1 is 1.17 bits per heavy atom. The van der Waals surface area contributed by atoms with Crippen LogP contribution in [0.1, 0.15) is 36.7 Å². The summed E-state index contributed by atoms with van der Waals surface area (Å²) in [4.78, 5) is 18.1. The lowest BCUT2D eigenvalue weighted by Gasteiger charge is -2.07. The number of thioether (sulfide) groups is 1. The fraction of sp³-hybridized carbons (Fsp3) is 0.364. The van der Waals surface area contributed by atoms with Crippen molar-refractivity contribution in [3.63, 3.8) is 0 Å². The zero-order chi connectivity index (χ0) is 21.9. The van der Waals surface area contributed by atoms with Crippen LogP contribution in [0.25, 0.3) is 10.2 Å². The van der Waals surface area contributed by atoms with Crippen LogP contribution >= 0.6 is 23.1 Å². The van der Waals surface area contributed by atoms with E-state index in [4.69, 9.17) is 0 Å². The van der Waals surface area contributed by atoms with Crippen LogP contribution in [0.2, 0.25) is 0 Å². The minimum atomic E-state index is -3.37. The van der Waals surface area contributed by atoms with Crippen LogP contribution in [0.5, 0.6) is 0 Å². The summed E-state index contributed by atoms with van der Waals surface area (Å²) < 4.78 is 27.8. The van der Waals surface area contributed by atoms with Gasteiger partial charge < -0.3 is 4.57 Å². The van der Waals surface area contributed by atoms with Gasteiger partial charge in [0.2, 0.25) is 0 Å². The number of thiazole rings is 1. The second kappa shape index (κ2) is 9.49. The zero-order valence-electron chi connectivity index (χ0n) is 17.6. The molecule has 3 rings (SSSR count). The molecule has 1 heterocycles. The molecule has 3 aromatic rings. The Morgan fingerprint density at radius 3 is 2.47 bits per heavy atom. The molecule has 2 aromatic carbocycles. The summed E-state index contributed by atoms with van der Waals surface area (Å²) in [6, 6.07) is 12.4. The number of hydrogen-bond donors (Lipinski definition) is 0. The van der Waals surface area contributed by atoms with Crippen LogP contribution in [-0.2, 0) is 22.8 Å². The van der Waals surface area contributed by atoms with Gasteiger partial charge in [-0.1, -0.05) is 24.3 Å². The van der Waals surface area contributed by atoms with E-state index in [0.717, 1.165) is 28.9 Å². The molecule has 1 aromatic heterocycles. The highest BCUT2D eigenvalue weighted by Crippen LogP contribution is 2.21. The van der Waals surface area contributed by atoms with Gasteiger partial charge in [0.1, 0.15) is 0 Å². The molecular formula is C22H26N2O3S3. The van der Waals surface area contributed by atoms with E-state index < -0.39 is 15.1 Å². The number of sulfone groups is 1. The molecule has 0 aliphatic rings. The Labute approximate surface area is 185 Å². The van der Waals surface area contributed by atoms with Gasteiger partial charge in [0.15, 0.2) is 14.6 Å². The van der Waals surface area contributed by atoms with Gasteiger partial charge >= 0.3 is 0 Å². The number of amides is 1. The summed E-state index contributed by atoms with van der Waals surface area (Å²) in [5, 5.41) is -0.509. The molecule has 0 unspecified atom stereocenters. The second-order valence-corrected chi connectivity index (χ2v) is 11.7. The molecule has 0 bridgehead atoms. The van der Waals surface area contributed by atoms with E-state index in [9.17, 15) is 13.2 Å². The third kappa shape index (κ3) is 4.71. The molecule has 0 radical (unpaired) electrons. The summed E-state index contributed by atoms with van der Waals surface area (Å²) in [5.74, 6) is 0.550. The van der Waals surface area contributed by atoms with Crippen molar-refractivity contribution in [1.82, 2.24) is 4.57 Å². The standard InChI is InChI=1S/C22H26N2O3S3/c1-5-16-6-11-19-20(14-16)29-22(24(19)12-13-28-4)23-21(25)17-7-9-18(10-8-17)30(26,27)15(2)3/h6-11,14-15H,5,12-13H2,1-4H3. The van der Waals surface area contributed by atoms with Crippen molar-refractivity contribution < 1.29 is 13.2 Å². The zero-order valence-corrected chi connectivity index (χ0v) is 20.0. The Kier molecular flexibility index (Phi) is 7.21. The highest BCUT2D eigenvalue weighted by molar-refractivity contribution is 7.98. The molecule has 8 heteroatoms. The van der Waals surface area contributed by atoms with Crippen LogP contribution in [0.15, 0.2) is 52.4 Å². The van der Waals surface area contributed by atoms with Crippen LogP contribution in [0.3, 0.4) is 0 Å². The van der Waals surface area contributed by atoms with Gasteiger partial charge in [-0.05, 0) is 68.5 Å². The van der Waals surface area contributed by atoms with E-state index in [-0.39, 0.29) is 10.8 Å². The molecule has 0 N–H and O–H groups in total. The van der Waals surface area contributed by atoms with Crippen molar-refractivity contribution in [2.24, 2.45) is 4.99 Å². The topological polar surface area (TPSA) is 68.5 Å². The maximum atomic E-state index is 12.8. The molecule has 30 heavy (non-hydrogen) atoms. The monoisotopic (exact) mass is 462 g/mol. The molecule has 0 aliphatic carbocycles. The molecule has 0 saturated carbocycles. The first-order valence-electron chi connectivity index (χ1n) is 9.82. The molecular weight excluding hydrogens is 436 g/mol. The predicted octanol–water partition coefficient (Wildman–Crippen LogP) is 4.55. The van der Waals surface area contributed by atoms with E-state index in [0.29, 0.717) is 10.4 Å². The highest BCUT2D eigenvalue weighted by atomic mass is 32.2. The van der Waals surface area contributed by atoms with Gasteiger partial charge in [-0.3, -0.25) is 4.79 Å². The maximum Gasteiger partial charge on any atom is 0.279 e. The van der Waals surface area contributed by atoms with E-state index in [1.807, 2.05) is 0 Å². The number of carbonyl (C=O) groups excluding carboxylic acids is 1. The van der Waals surface area contributed by atoms with Crippen molar-refractivity contribution in [3.8, 4) is 0 Å². The van der Waals surface area contributed by atoms with Gasteiger partial charge in [0, 0.05) is 17.9 Å². The molecule has 0 spiro atoms. The van der Waals surface area contributed by atoms with Gasteiger partial charge in [0.25, 0.3) is 5.91 Å². The van der Waals surface area contributed by atoms with E-state index in [2.05, 4.69) is 40.9 Å². The van der Waals surface area contributed by atoms with Crippen LogP contribution in [0, 0.1) is 0 Å². The second-order valence-electron chi connectivity index (χ2n) is 7.22. The van der Waals surface area contributed by atoms with Crippen molar-refractivity contribution in [3.05, 3.63) is 58.4 Å². The maximum absolute atomic E-state index is 12.8. The fourth-order valence-corrected chi connectivity index (χ4v) is 5.58. The first-order chi connectivity index (χ1) is 14.3. The molecule has 0 atom stereocenters. The third-order valence-electron chi connectivity index (χ3n) is 4.92. The van der Waals surface area contributed by atoms with Crippen molar-refractivity contribution in [2.75, 3.05) is 12.0 Å². The smallest absolute Gasteiger partial charge is 0.279 e. The molecule has 0 fully saturated rings. The molecule has 1 amide bonds. The number of fused-ring (bicyclic) bond motifs is 1. The number of benzene rings is 2. The lowest BCUT2D eigenvalue weighted by Crippen LogP contribution is -2.18. The first-order valence-corrected chi connectivity index (χ1v) is 13.6. The summed E-state index contributed by atoms with van der Waals surface area (Å²) in [6.45, 7) is 6.17. The van der Waals surface area contributed by atoms with Crippen LogP contribution < -0.4 is 4.80 Å². The number of nitrogens with zero attached hydrogens (tertiary/aromatic N) is 2. The summed E-state index contributed by atoms with van der Waals surface area (Å²) in [7, 11) is -3.37. The quantitative estimate of drug-likeness (QED) is 0.516. The molecule has 5 nitrogen and oxygen atoms in total. The SMILES string of the molecule is CCc1ccc2c(c1)sc(=NC(=O)c1ccc(S(=O)(=O)C(C)C)cc1)n2CCSC. The Morgan fingerprint density at radius 2 is 1.87 bits per heavy atom. The number of rotatable bonds is 7. The summed E-state index contributed by atoms with van der Waals surface area (Å²) >= 11 is 3.25. The average Bonchev–Trinajstić information content (AvgIpc) is 3.07. The van der Waals surface area contributed by atoms with Gasteiger partial charge in [-0.2, -0.15) is 16.8 Å². The lowest BCUT2D eigenvalue weighted by atomic mass is 10.2. The van der Waals surface area contributed by atoms with Gasteiger partial charge in [-0.15, -0.1) is 0 Å². The third-order valence-corrected chi connectivity index (χ3v) is 8.72. The van der Waals surface area contributed by atoms with Crippen LogP contribution in [0.4, 0.5) is 0 Å². The minimum Gasteiger partial charge on any atom is -0.316 e. The van der Waals surface area contributed by atoms with Crippen LogP contribution in [-0.4, -0.2) is 36.2 Å². The Hall–Kier alpha value is -1.90. The van der Waals surface area contributed by atoms with E-state index in [1.54, 1.807) is 25.6 Å². The van der Waals surface area contributed by atoms with Crippen molar-refractivity contribution in [2.45, 2.75) is 43.9 Å². The van der Waals surface area contributed by atoms with E-state index >= 15 is 0 Å². The molecule has 160 valence electrons. The number of carbonyl (C=O) groups is 1. The number of aryl methyl sites for hydroxylation is 2. The normalized spacial score (nSPS) is 12.8. The summed E-state index contributed by atoms with van der Waals surface area (Å²) in [6.07, 6.45) is 3.01. The van der Waals surface area contributed by atoms with Gasteiger partial charge in [0.05, 0.1) is 20.4 Å². The number of hydrogen-bond acceptors (Lipinski definition) is 5. The lowest BCUT2D eigenvalue weighted by molar-refractivity contribution is 0.0997. The average molecular weight is 463 g/mol. The highest BCUT2D eigenvalue weighted by Gasteiger charge is 2.19. The first kappa shape index (κ1) is 22.8. The van der Waals surface area contributed by atoms with Crippen molar-refractivity contribution in [1.29, 1.82) is 0 Å². The minimum absolute atomic E-state index is 0.220. The van der Waals surface area contributed by atoms with Gasteiger partial charge in [-0.25, -0.2) is 8.42 Å². The Bertz CT molecular complexity index is 1220. The predicted molar refractivity (Wildman–Crippen MR) is 126 cm³/mol. The number of aromatic nitrogens is 1. The van der Waals surface area contributed by atoms with Crippen molar-refractivity contribution >= 4 is 49.1 Å². The molecule has 0 aliphatic heterocycles. The molecule has 0 saturated heterocycles. The fourth-order valence-electron chi connectivity index (χ4n) is 3.03.